The molecular formula is C16H15BrFNO4. The highest BCUT2D eigenvalue weighted by molar-refractivity contribution is 9.10. The van der Waals surface area contributed by atoms with Gasteiger partial charge in [-0.15, -0.1) is 0 Å². The van der Waals surface area contributed by atoms with Crippen LogP contribution in [0.3, 0.4) is 0 Å². The van der Waals surface area contributed by atoms with Crippen LogP contribution in [-0.4, -0.2) is 30.9 Å². The molecule has 7 heteroatoms. The normalized spacial score (nSPS) is 10.5. The fourth-order valence-corrected chi connectivity index (χ4v) is 2.44. The van der Waals surface area contributed by atoms with Crippen LogP contribution in [0.15, 0.2) is 33.2 Å². The van der Waals surface area contributed by atoms with Gasteiger partial charge in [0, 0.05) is 11.5 Å². The number of methoxy groups -OCH3 is 1. The molecular weight excluding hydrogens is 369 g/mol. The summed E-state index contributed by atoms with van der Waals surface area (Å²) < 4.78 is 24.5. The maximum atomic E-state index is 13.9. The Morgan fingerprint density at radius 2 is 2.00 bits per heavy atom. The lowest BCUT2D eigenvalue weighted by molar-refractivity contribution is 0.0598. The number of carbonyl (C=O) groups is 2. The number of hydrogen-bond acceptors (Lipinski definition) is 4. The Labute approximate surface area is 141 Å². The van der Waals surface area contributed by atoms with E-state index in [0.717, 1.165) is 0 Å². The molecule has 0 aliphatic carbocycles. The number of amides is 1. The summed E-state index contributed by atoms with van der Waals surface area (Å²) in [5.41, 5.74) is 0.269. The van der Waals surface area contributed by atoms with Crippen LogP contribution in [-0.2, 0) is 11.3 Å². The van der Waals surface area contributed by atoms with E-state index in [2.05, 4.69) is 20.7 Å². The molecule has 1 aromatic carbocycles. The quantitative estimate of drug-likeness (QED) is 0.757. The van der Waals surface area contributed by atoms with Gasteiger partial charge in [0.2, 0.25) is 0 Å². The molecule has 23 heavy (non-hydrogen) atoms. The van der Waals surface area contributed by atoms with E-state index in [1.165, 1.54) is 37.3 Å². The zero-order chi connectivity index (χ0) is 17.1. The van der Waals surface area contributed by atoms with Crippen molar-refractivity contribution in [2.24, 2.45) is 0 Å². The van der Waals surface area contributed by atoms with E-state index in [-0.39, 0.29) is 12.1 Å². The van der Waals surface area contributed by atoms with Crippen LogP contribution in [0, 0.1) is 12.7 Å². The summed E-state index contributed by atoms with van der Waals surface area (Å²) in [7, 11) is 2.81. The minimum absolute atomic E-state index is 0.0350. The molecule has 0 aliphatic heterocycles. The van der Waals surface area contributed by atoms with E-state index in [1.54, 1.807) is 13.0 Å². The topological polar surface area (TPSA) is 59.8 Å². The fourth-order valence-electron chi connectivity index (χ4n) is 2.11. The number of benzene rings is 1. The maximum absolute atomic E-state index is 13.9. The zero-order valence-electron chi connectivity index (χ0n) is 12.9. The summed E-state index contributed by atoms with van der Waals surface area (Å²) in [6.07, 6.45) is 0. The molecule has 0 unspecified atom stereocenters. The molecule has 0 N–H and O–H groups in total. The molecule has 1 heterocycles. The van der Waals surface area contributed by atoms with E-state index in [4.69, 9.17) is 4.42 Å². The van der Waals surface area contributed by atoms with E-state index >= 15 is 0 Å². The second kappa shape index (κ2) is 6.95. The molecule has 0 saturated heterocycles. The number of halogens is 2. The number of carbonyl (C=O) groups excluding carboxylic acids is 2. The van der Waals surface area contributed by atoms with Crippen LogP contribution in [0.2, 0.25) is 0 Å². The monoisotopic (exact) mass is 383 g/mol. The molecule has 0 fully saturated rings. The van der Waals surface area contributed by atoms with Crippen LogP contribution in [0.4, 0.5) is 4.39 Å². The molecule has 1 aromatic heterocycles. The van der Waals surface area contributed by atoms with Crippen LogP contribution in [0.25, 0.3) is 0 Å². The van der Waals surface area contributed by atoms with Gasteiger partial charge in [-0.2, -0.15) is 0 Å². The van der Waals surface area contributed by atoms with Crippen molar-refractivity contribution in [3.8, 4) is 0 Å². The Morgan fingerprint density at radius 1 is 1.30 bits per heavy atom. The van der Waals surface area contributed by atoms with Crippen molar-refractivity contribution in [1.82, 2.24) is 4.90 Å². The Kier molecular flexibility index (Phi) is 5.20. The highest BCUT2D eigenvalue weighted by Crippen LogP contribution is 2.20. The van der Waals surface area contributed by atoms with Crippen LogP contribution < -0.4 is 0 Å². The van der Waals surface area contributed by atoms with Gasteiger partial charge >= 0.3 is 5.97 Å². The molecule has 122 valence electrons. The number of esters is 1. The molecule has 2 aromatic rings. The molecule has 0 bridgehead atoms. The smallest absolute Gasteiger partial charge is 0.341 e. The third kappa shape index (κ3) is 3.79. The van der Waals surface area contributed by atoms with Crippen molar-refractivity contribution < 1.29 is 23.1 Å². The highest BCUT2D eigenvalue weighted by atomic mass is 79.9. The number of rotatable bonds is 4. The van der Waals surface area contributed by atoms with E-state index in [1.807, 2.05) is 0 Å². The molecule has 0 spiro atoms. The van der Waals surface area contributed by atoms with E-state index in [9.17, 15) is 14.0 Å². The van der Waals surface area contributed by atoms with Crippen LogP contribution in [0.5, 0.6) is 0 Å². The van der Waals surface area contributed by atoms with Crippen molar-refractivity contribution in [3.63, 3.8) is 0 Å². The summed E-state index contributed by atoms with van der Waals surface area (Å²) >= 11 is 3.14. The summed E-state index contributed by atoms with van der Waals surface area (Å²) in [4.78, 5) is 25.2. The lowest BCUT2D eigenvalue weighted by atomic mass is 10.2. The molecule has 5 nitrogen and oxygen atoms in total. The average molecular weight is 384 g/mol. The highest BCUT2D eigenvalue weighted by Gasteiger charge is 2.20. The first kappa shape index (κ1) is 17.2. The predicted molar refractivity (Wildman–Crippen MR) is 84.7 cm³/mol. The van der Waals surface area contributed by atoms with Crippen molar-refractivity contribution in [2.45, 2.75) is 13.5 Å². The summed E-state index contributed by atoms with van der Waals surface area (Å²) in [5.74, 6) is -0.782. The first-order chi connectivity index (χ1) is 10.8. The third-order valence-corrected chi connectivity index (χ3v) is 3.77. The summed E-state index contributed by atoms with van der Waals surface area (Å²) in [6.45, 7) is 1.73. The summed E-state index contributed by atoms with van der Waals surface area (Å²) in [5, 5.41) is 0. The van der Waals surface area contributed by atoms with Crippen LogP contribution >= 0.6 is 15.9 Å². The molecule has 1 amide bonds. The van der Waals surface area contributed by atoms with Gasteiger partial charge in [-0.1, -0.05) is 15.9 Å². The lowest BCUT2D eigenvalue weighted by Crippen LogP contribution is -2.26. The number of aryl methyl sites for hydroxylation is 1. The number of ether oxygens (including phenoxy) is 1. The van der Waals surface area contributed by atoms with Crippen molar-refractivity contribution in [3.05, 3.63) is 57.2 Å². The van der Waals surface area contributed by atoms with Gasteiger partial charge in [-0.05, 0) is 31.2 Å². The van der Waals surface area contributed by atoms with Gasteiger partial charge in [0.1, 0.15) is 22.9 Å². The minimum Gasteiger partial charge on any atom is -0.465 e. The number of nitrogens with zero attached hydrogens (tertiary/aromatic N) is 1. The molecule has 0 saturated carbocycles. The molecule has 0 radical (unpaired) electrons. The fraction of sp³-hybridized carbons (Fsp3) is 0.250. The first-order valence-corrected chi connectivity index (χ1v) is 7.51. The Hall–Kier alpha value is -2.15. The zero-order valence-corrected chi connectivity index (χ0v) is 14.4. The van der Waals surface area contributed by atoms with Crippen molar-refractivity contribution in [1.29, 1.82) is 0 Å². The molecule has 2 rings (SSSR count). The standard InChI is InChI=1S/C16H15BrFNO4/c1-9-13(16(21)22-3)7-11(23-9)8-19(2)15(20)12-5-4-10(17)6-14(12)18/h4-7H,8H2,1-3H3. The van der Waals surface area contributed by atoms with Crippen molar-refractivity contribution >= 4 is 27.8 Å². The Bertz CT molecular complexity index is 757. The van der Waals surface area contributed by atoms with Gasteiger partial charge in [0.05, 0.1) is 19.2 Å². The van der Waals surface area contributed by atoms with E-state index in [0.29, 0.717) is 21.6 Å². The SMILES string of the molecule is COC(=O)c1cc(CN(C)C(=O)c2ccc(Br)cc2F)oc1C. The van der Waals surface area contributed by atoms with Gasteiger partial charge in [-0.3, -0.25) is 4.79 Å². The van der Waals surface area contributed by atoms with Gasteiger partial charge in [-0.25, -0.2) is 9.18 Å². The lowest BCUT2D eigenvalue weighted by Gasteiger charge is -2.16. The summed E-state index contributed by atoms with van der Waals surface area (Å²) in [6, 6.07) is 5.75. The predicted octanol–water partition coefficient (Wildman–Crippen LogP) is 3.55. The Morgan fingerprint density at radius 3 is 2.61 bits per heavy atom. The largest absolute Gasteiger partial charge is 0.465 e. The van der Waals surface area contributed by atoms with Crippen molar-refractivity contribution in [2.75, 3.05) is 14.2 Å². The molecule has 0 aliphatic rings. The minimum atomic E-state index is -0.609. The van der Waals surface area contributed by atoms with Gasteiger partial charge in [0.25, 0.3) is 5.91 Å². The number of hydrogen-bond donors (Lipinski definition) is 0. The maximum Gasteiger partial charge on any atom is 0.341 e. The van der Waals surface area contributed by atoms with Gasteiger partial charge in [0.15, 0.2) is 0 Å². The third-order valence-electron chi connectivity index (χ3n) is 3.28. The second-order valence-electron chi connectivity index (χ2n) is 4.96. The van der Waals surface area contributed by atoms with Gasteiger partial charge < -0.3 is 14.1 Å². The number of furan rings is 1. The Balaban J connectivity index is 2.17. The average Bonchev–Trinajstić information content (AvgIpc) is 2.86. The van der Waals surface area contributed by atoms with Crippen LogP contribution in [0.1, 0.15) is 32.2 Å². The second-order valence-corrected chi connectivity index (χ2v) is 5.88. The van der Waals surface area contributed by atoms with E-state index < -0.39 is 17.7 Å². The molecule has 0 atom stereocenters. The first-order valence-electron chi connectivity index (χ1n) is 6.71.